The molecule has 1 aromatic heterocycles. The minimum atomic E-state index is -0.125. The molecule has 3 heteroatoms. The summed E-state index contributed by atoms with van der Waals surface area (Å²) in [7, 11) is 0. The molecule has 0 bridgehead atoms. The summed E-state index contributed by atoms with van der Waals surface area (Å²) in [6.45, 7) is 13.5. The Morgan fingerprint density at radius 2 is 1.11 bits per heavy atom. The standard InChI is InChI=1S/C41H39N2.Ir/c1-29-12-10-13-30(2)38(29)43-27-26-42-39(43)33-15-11-14-32(28-33)31-18-20-35(21-19-31)41(5,6)37-24-22-36(23-25-37)40(3,4)34-16-8-7-9-17-34;/h7-14,16-28H,1-6H3;/q-1;. The van der Waals surface area contributed by atoms with Gasteiger partial charge in [-0.1, -0.05) is 125 Å². The van der Waals surface area contributed by atoms with Gasteiger partial charge < -0.3 is 4.57 Å². The van der Waals surface area contributed by atoms with Gasteiger partial charge in [-0.3, -0.25) is 4.98 Å². The third-order valence-electron chi connectivity index (χ3n) is 9.13. The van der Waals surface area contributed by atoms with E-state index < -0.39 is 0 Å². The zero-order valence-electron chi connectivity index (χ0n) is 26.4. The smallest absolute Gasteiger partial charge is 0.0603 e. The monoisotopic (exact) mass is 752 g/mol. The molecule has 0 unspecified atom stereocenters. The minimum Gasteiger partial charge on any atom is -0.340 e. The van der Waals surface area contributed by atoms with E-state index in [-0.39, 0.29) is 30.9 Å². The Bertz CT molecular complexity index is 1840. The van der Waals surface area contributed by atoms with E-state index in [1.54, 1.807) is 0 Å². The summed E-state index contributed by atoms with van der Waals surface area (Å²) in [4.78, 5) is 4.73. The van der Waals surface area contributed by atoms with Gasteiger partial charge in [0, 0.05) is 49.0 Å². The Labute approximate surface area is 276 Å². The van der Waals surface area contributed by atoms with E-state index in [1.807, 2.05) is 18.5 Å². The Hall–Kier alpha value is -4.04. The van der Waals surface area contributed by atoms with Gasteiger partial charge in [-0.2, -0.15) is 0 Å². The predicted molar refractivity (Wildman–Crippen MR) is 180 cm³/mol. The number of imidazole rings is 1. The van der Waals surface area contributed by atoms with Crippen molar-refractivity contribution in [2.24, 2.45) is 0 Å². The number of hydrogen-bond donors (Lipinski definition) is 0. The summed E-state index contributed by atoms with van der Waals surface area (Å²) in [6, 6.07) is 45.1. The second-order valence-electron chi connectivity index (χ2n) is 12.6. The minimum absolute atomic E-state index is 0. The fourth-order valence-corrected chi connectivity index (χ4v) is 6.22. The summed E-state index contributed by atoms with van der Waals surface area (Å²) >= 11 is 0. The van der Waals surface area contributed by atoms with Gasteiger partial charge in [-0.05, 0) is 52.8 Å². The van der Waals surface area contributed by atoms with Crippen LogP contribution in [0.3, 0.4) is 0 Å². The van der Waals surface area contributed by atoms with Crippen molar-refractivity contribution in [3.8, 4) is 28.2 Å². The average Bonchev–Trinajstić information content (AvgIpc) is 3.51. The second kappa shape index (κ2) is 12.5. The van der Waals surface area contributed by atoms with Gasteiger partial charge in [-0.15, -0.1) is 35.4 Å². The van der Waals surface area contributed by atoms with E-state index in [9.17, 15) is 0 Å². The van der Waals surface area contributed by atoms with Crippen molar-refractivity contribution in [3.63, 3.8) is 0 Å². The molecule has 44 heavy (non-hydrogen) atoms. The Morgan fingerprint density at radius 3 is 1.68 bits per heavy atom. The van der Waals surface area contributed by atoms with Crippen LogP contribution in [-0.4, -0.2) is 9.55 Å². The molecule has 0 aliphatic heterocycles. The number of nitrogens with zero attached hydrogens (tertiary/aromatic N) is 2. The summed E-state index contributed by atoms with van der Waals surface area (Å²) < 4.78 is 2.18. The van der Waals surface area contributed by atoms with E-state index in [0.29, 0.717) is 0 Å². The van der Waals surface area contributed by atoms with E-state index in [4.69, 9.17) is 4.98 Å². The molecular weight excluding hydrogens is 713 g/mol. The van der Waals surface area contributed by atoms with Crippen molar-refractivity contribution in [1.82, 2.24) is 9.55 Å². The van der Waals surface area contributed by atoms with Crippen LogP contribution in [0.15, 0.2) is 128 Å². The van der Waals surface area contributed by atoms with Gasteiger partial charge in [0.25, 0.3) is 0 Å². The van der Waals surface area contributed by atoms with Crippen LogP contribution >= 0.6 is 0 Å². The normalized spacial score (nSPS) is 11.7. The molecule has 0 saturated heterocycles. The molecular formula is C41H39IrN2-. The zero-order valence-corrected chi connectivity index (χ0v) is 28.7. The maximum absolute atomic E-state index is 4.73. The van der Waals surface area contributed by atoms with Gasteiger partial charge in [0.2, 0.25) is 0 Å². The first-order chi connectivity index (χ1) is 20.7. The topological polar surface area (TPSA) is 17.8 Å². The van der Waals surface area contributed by atoms with E-state index >= 15 is 0 Å². The third-order valence-corrected chi connectivity index (χ3v) is 9.13. The Kier molecular flexibility index (Phi) is 8.93. The molecule has 6 aromatic rings. The van der Waals surface area contributed by atoms with Crippen molar-refractivity contribution in [2.75, 3.05) is 0 Å². The third kappa shape index (κ3) is 5.87. The van der Waals surface area contributed by atoms with Crippen LogP contribution in [0.1, 0.15) is 61.1 Å². The van der Waals surface area contributed by atoms with Crippen molar-refractivity contribution in [2.45, 2.75) is 52.4 Å². The van der Waals surface area contributed by atoms with Crippen LogP contribution in [0.5, 0.6) is 0 Å². The molecule has 0 saturated carbocycles. The van der Waals surface area contributed by atoms with Crippen LogP contribution in [0.2, 0.25) is 0 Å². The van der Waals surface area contributed by atoms with Gasteiger partial charge in [0.05, 0.1) is 5.82 Å². The van der Waals surface area contributed by atoms with Gasteiger partial charge in [-0.25, -0.2) is 0 Å². The molecule has 0 spiro atoms. The zero-order chi connectivity index (χ0) is 30.2. The predicted octanol–water partition coefficient (Wildman–Crippen LogP) is 10.3. The molecule has 223 valence electrons. The van der Waals surface area contributed by atoms with E-state index in [1.165, 1.54) is 44.6 Å². The van der Waals surface area contributed by atoms with Crippen LogP contribution in [-0.2, 0) is 30.9 Å². The van der Waals surface area contributed by atoms with Crippen molar-refractivity contribution in [3.05, 3.63) is 167 Å². The van der Waals surface area contributed by atoms with Gasteiger partial charge in [0.1, 0.15) is 0 Å². The van der Waals surface area contributed by atoms with Crippen molar-refractivity contribution < 1.29 is 20.1 Å². The summed E-state index contributed by atoms with van der Waals surface area (Å²) in [5, 5.41) is 0. The van der Waals surface area contributed by atoms with Crippen LogP contribution < -0.4 is 0 Å². The number of benzene rings is 5. The molecule has 6 rings (SSSR count). The summed E-state index contributed by atoms with van der Waals surface area (Å²) in [5.74, 6) is 0.899. The first-order valence-electron chi connectivity index (χ1n) is 15.1. The number of hydrogen-bond acceptors (Lipinski definition) is 1. The fourth-order valence-electron chi connectivity index (χ4n) is 6.22. The average molecular weight is 752 g/mol. The molecule has 0 amide bonds. The van der Waals surface area contributed by atoms with Crippen LogP contribution in [0.25, 0.3) is 28.2 Å². The van der Waals surface area contributed by atoms with Crippen LogP contribution in [0.4, 0.5) is 0 Å². The largest absolute Gasteiger partial charge is 0.340 e. The molecule has 0 aliphatic rings. The number of para-hydroxylation sites is 1. The molecule has 0 atom stereocenters. The summed E-state index contributed by atoms with van der Waals surface area (Å²) in [5.41, 5.74) is 12.0. The quantitative estimate of drug-likeness (QED) is 0.149. The maximum Gasteiger partial charge on any atom is 0.0603 e. The molecule has 0 N–H and O–H groups in total. The van der Waals surface area contributed by atoms with Crippen LogP contribution in [0, 0.1) is 19.9 Å². The van der Waals surface area contributed by atoms with Gasteiger partial charge >= 0.3 is 0 Å². The van der Waals surface area contributed by atoms with E-state index in [0.717, 1.165) is 17.0 Å². The maximum atomic E-state index is 4.73. The van der Waals surface area contributed by atoms with Crippen molar-refractivity contribution in [1.29, 1.82) is 0 Å². The molecule has 5 aromatic carbocycles. The summed E-state index contributed by atoms with van der Waals surface area (Å²) in [6.07, 6.45) is 3.91. The Morgan fingerprint density at radius 1 is 0.591 bits per heavy atom. The fraction of sp³-hybridized carbons (Fsp3) is 0.195. The first-order valence-corrected chi connectivity index (χ1v) is 15.1. The number of aryl methyl sites for hydroxylation is 2. The van der Waals surface area contributed by atoms with Crippen molar-refractivity contribution >= 4 is 0 Å². The molecule has 0 fully saturated rings. The first kappa shape index (κ1) is 31.4. The number of rotatable bonds is 7. The van der Waals surface area contributed by atoms with Gasteiger partial charge in [0.15, 0.2) is 0 Å². The Balaban J connectivity index is 0.00000384. The molecule has 2 nitrogen and oxygen atoms in total. The molecule has 0 aliphatic carbocycles. The second-order valence-corrected chi connectivity index (χ2v) is 12.6. The number of aromatic nitrogens is 2. The van der Waals surface area contributed by atoms with E-state index in [2.05, 4.69) is 161 Å². The molecule has 1 heterocycles. The molecule has 1 radical (unpaired) electrons. The SMILES string of the molecule is Cc1cccc(C)c1-n1ccnc1-c1[c-]ccc(-c2ccc(C(C)(C)c3ccc(C(C)(C)c4ccccc4)cc3)cc2)c1.[Ir].